The lowest BCUT2D eigenvalue weighted by molar-refractivity contribution is -0.123. The van der Waals surface area contributed by atoms with Crippen molar-refractivity contribution in [3.8, 4) is 11.5 Å². The smallest absolute Gasteiger partial charge is 0.238 e. The number of imide groups is 1. The topological polar surface area (TPSA) is 101 Å². The number of methoxy groups -OCH3 is 1. The third-order valence-electron chi connectivity index (χ3n) is 8.25. The largest absolute Gasteiger partial charge is 0.503 e. The van der Waals surface area contributed by atoms with Gasteiger partial charge >= 0.3 is 0 Å². The van der Waals surface area contributed by atoms with Crippen molar-refractivity contribution in [3.05, 3.63) is 85.9 Å². The van der Waals surface area contributed by atoms with Gasteiger partial charge in [-0.1, -0.05) is 23.3 Å². The maximum atomic E-state index is 13.9. The first-order valence-corrected chi connectivity index (χ1v) is 13.7. The van der Waals surface area contributed by atoms with E-state index in [1.54, 1.807) is 43.3 Å². The Morgan fingerprint density at radius 1 is 1.05 bits per heavy atom. The maximum absolute atomic E-state index is 13.9. The van der Waals surface area contributed by atoms with E-state index >= 15 is 0 Å². The van der Waals surface area contributed by atoms with Gasteiger partial charge in [0.1, 0.15) is 0 Å². The first kappa shape index (κ1) is 25.8. The van der Waals surface area contributed by atoms with Gasteiger partial charge in [0.2, 0.25) is 11.8 Å². The Morgan fingerprint density at radius 2 is 1.77 bits per heavy atom. The molecule has 198 valence electrons. The third kappa shape index (κ3) is 3.84. The summed E-state index contributed by atoms with van der Waals surface area (Å²) in [6.07, 6.45) is 3.83. The van der Waals surface area contributed by atoms with Crippen molar-refractivity contribution in [2.45, 2.75) is 25.7 Å². The number of allylic oxidation sites excluding steroid dienone is 6. The number of Topliss-reactive ketones (excluding diaryl/α,β-unsaturated/α-hetero) is 1. The Morgan fingerprint density at radius 3 is 2.46 bits per heavy atom. The molecule has 2 amide bonds. The molecular weight excluding hydrogens is 586 g/mol. The van der Waals surface area contributed by atoms with Crippen LogP contribution in [0, 0.1) is 17.8 Å². The number of nitrogens with zero attached hydrogens (tertiary/aromatic N) is 1. The number of ketones is 2. The number of hydrogen-bond donors (Lipinski definition) is 1. The van der Waals surface area contributed by atoms with E-state index < -0.39 is 23.7 Å². The zero-order valence-corrected chi connectivity index (χ0v) is 23.4. The molecule has 4 aliphatic rings. The first-order chi connectivity index (χ1) is 18.6. The van der Waals surface area contributed by atoms with Gasteiger partial charge in [-0.2, -0.15) is 0 Å². The van der Waals surface area contributed by atoms with Crippen LogP contribution in [0.25, 0.3) is 0 Å². The lowest BCUT2D eigenvalue weighted by atomic mass is 9.59. The summed E-state index contributed by atoms with van der Waals surface area (Å²) in [6.45, 7) is 1.62. The molecule has 3 aliphatic carbocycles. The normalized spacial score (nSPS) is 26.2. The summed E-state index contributed by atoms with van der Waals surface area (Å²) in [4.78, 5) is 55.5. The molecule has 1 saturated heterocycles. The van der Waals surface area contributed by atoms with Crippen LogP contribution in [0.15, 0.2) is 75.3 Å². The Hall–Kier alpha value is -3.49. The number of phenols is 1. The van der Waals surface area contributed by atoms with E-state index in [-0.39, 0.29) is 41.3 Å². The summed E-state index contributed by atoms with van der Waals surface area (Å²) in [5.41, 5.74) is 3.01. The van der Waals surface area contributed by atoms with E-state index in [1.807, 2.05) is 6.08 Å². The van der Waals surface area contributed by atoms with Crippen LogP contribution < -0.4 is 9.64 Å². The zero-order valence-electron chi connectivity index (χ0n) is 21.0. The van der Waals surface area contributed by atoms with Gasteiger partial charge < -0.3 is 9.84 Å². The van der Waals surface area contributed by atoms with Crippen LogP contribution in [0.5, 0.6) is 11.5 Å². The molecule has 1 fully saturated rings. The second kappa shape index (κ2) is 9.31. The molecule has 1 aliphatic heterocycles. The zero-order chi connectivity index (χ0) is 27.7. The Balaban J connectivity index is 1.51. The van der Waals surface area contributed by atoms with E-state index in [4.69, 9.17) is 16.3 Å². The molecule has 2 aromatic rings. The van der Waals surface area contributed by atoms with Crippen LogP contribution in [-0.4, -0.2) is 35.6 Å². The fourth-order valence-electron chi connectivity index (χ4n) is 6.50. The van der Waals surface area contributed by atoms with Gasteiger partial charge in [0, 0.05) is 27.7 Å². The molecule has 0 bridgehead atoms. The maximum Gasteiger partial charge on any atom is 0.238 e. The Bertz CT molecular complexity index is 1590. The molecule has 1 N–H and O–H groups in total. The molecule has 39 heavy (non-hydrogen) atoms. The predicted molar refractivity (Wildman–Crippen MR) is 148 cm³/mol. The monoisotopic (exact) mass is 607 g/mol. The number of rotatable bonds is 3. The van der Waals surface area contributed by atoms with Crippen molar-refractivity contribution in [2.24, 2.45) is 17.8 Å². The van der Waals surface area contributed by atoms with Crippen molar-refractivity contribution >= 4 is 56.6 Å². The molecule has 9 heteroatoms. The number of phenolic OH excluding ortho intramolecular Hbond substituents is 1. The summed E-state index contributed by atoms with van der Waals surface area (Å²) in [7, 11) is 1.43. The summed E-state index contributed by atoms with van der Waals surface area (Å²) >= 11 is 9.40. The third-order valence-corrected chi connectivity index (χ3v) is 9.11. The van der Waals surface area contributed by atoms with Gasteiger partial charge in [-0.3, -0.25) is 24.1 Å². The van der Waals surface area contributed by atoms with Gasteiger partial charge in [0.05, 0.1) is 29.1 Å². The highest BCUT2D eigenvalue weighted by Gasteiger charge is 2.56. The van der Waals surface area contributed by atoms with Gasteiger partial charge in [-0.15, -0.1) is 0 Å². The number of carbonyl (C=O) groups is 4. The van der Waals surface area contributed by atoms with Crippen LogP contribution >= 0.6 is 27.5 Å². The molecule has 7 nitrogen and oxygen atoms in total. The van der Waals surface area contributed by atoms with Gasteiger partial charge in [0.25, 0.3) is 0 Å². The molecule has 4 atom stereocenters. The number of amides is 2. The Labute approximate surface area is 237 Å². The number of halogens is 2. The number of benzene rings is 2. The second-order valence-corrected chi connectivity index (χ2v) is 11.6. The van der Waals surface area contributed by atoms with Crippen molar-refractivity contribution in [3.63, 3.8) is 0 Å². The van der Waals surface area contributed by atoms with Gasteiger partial charge in [-0.25, -0.2) is 0 Å². The molecule has 0 aromatic heterocycles. The van der Waals surface area contributed by atoms with Crippen molar-refractivity contribution < 1.29 is 29.0 Å². The highest BCUT2D eigenvalue weighted by Crippen LogP contribution is 2.56. The highest BCUT2D eigenvalue weighted by atomic mass is 79.9. The minimum Gasteiger partial charge on any atom is -0.503 e. The average molecular weight is 609 g/mol. The van der Waals surface area contributed by atoms with Crippen LogP contribution in [0.3, 0.4) is 0 Å². The lowest BCUT2D eigenvalue weighted by Gasteiger charge is -2.42. The fourth-order valence-corrected chi connectivity index (χ4v) is 7.09. The summed E-state index contributed by atoms with van der Waals surface area (Å²) < 4.78 is 5.75. The molecule has 2 aromatic carbocycles. The molecule has 1 heterocycles. The fraction of sp³-hybridized carbons (Fsp3) is 0.267. The van der Waals surface area contributed by atoms with Gasteiger partial charge in [-0.05, 0) is 89.7 Å². The van der Waals surface area contributed by atoms with E-state index in [1.165, 1.54) is 18.1 Å². The molecule has 0 unspecified atom stereocenters. The molecule has 6 rings (SSSR count). The minimum absolute atomic E-state index is 0.0854. The number of ether oxygens (including phenoxy) is 1. The SMILES string of the molecule is COc1cc([C@H]2C3=CC[C@@H]4C(=O)N(c5ccc(Cl)cc5)C(=O)[C@@H]4[C@@H]3CC3=C2C(=O)C(C)=CC3=O)cc(Br)c1O. The predicted octanol–water partition coefficient (Wildman–Crippen LogP) is 5.45. The number of anilines is 1. The summed E-state index contributed by atoms with van der Waals surface area (Å²) in [6, 6.07) is 9.91. The molecule has 0 saturated carbocycles. The molecule has 0 radical (unpaired) electrons. The summed E-state index contributed by atoms with van der Waals surface area (Å²) in [5.74, 6) is -3.31. The average Bonchev–Trinajstić information content (AvgIpc) is 3.18. The van der Waals surface area contributed by atoms with Crippen molar-refractivity contribution in [1.82, 2.24) is 0 Å². The van der Waals surface area contributed by atoms with E-state index in [0.29, 0.717) is 43.9 Å². The summed E-state index contributed by atoms with van der Waals surface area (Å²) in [5, 5.41) is 10.9. The number of fused-ring (bicyclic) bond motifs is 3. The van der Waals surface area contributed by atoms with Crippen LogP contribution in [0.2, 0.25) is 5.02 Å². The number of aromatic hydroxyl groups is 1. The van der Waals surface area contributed by atoms with E-state index in [0.717, 1.165) is 5.57 Å². The van der Waals surface area contributed by atoms with Crippen molar-refractivity contribution in [2.75, 3.05) is 12.0 Å². The van der Waals surface area contributed by atoms with Crippen LogP contribution in [0.1, 0.15) is 31.2 Å². The quantitative estimate of drug-likeness (QED) is 0.283. The van der Waals surface area contributed by atoms with Crippen LogP contribution in [-0.2, 0) is 19.2 Å². The molecule has 0 spiro atoms. The second-order valence-electron chi connectivity index (χ2n) is 10.3. The van der Waals surface area contributed by atoms with Crippen LogP contribution in [0.4, 0.5) is 5.69 Å². The number of carbonyl (C=O) groups excluding carboxylic acids is 4. The van der Waals surface area contributed by atoms with E-state index in [9.17, 15) is 24.3 Å². The first-order valence-electron chi connectivity index (χ1n) is 12.5. The van der Waals surface area contributed by atoms with Crippen molar-refractivity contribution in [1.29, 1.82) is 0 Å². The molecular formula is C30H23BrClNO6. The Kier molecular flexibility index (Phi) is 6.15. The highest BCUT2D eigenvalue weighted by molar-refractivity contribution is 9.10. The van der Waals surface area contributed by atoms with Gasteiger partial charge in [0.15, 0.2) is 23.1 Å². The standard InChI is InChI=1S/C30H23BrClNO6/c1-13-9-22(34)20-12-19-17(24(26(20)27(13)35)14-10-21(31)28(36)23(11-14)39-2)7-8-18-25(19)30(38)33(29(18)37)16-5-3-15(32)4-6-16/h3-7,9-11,18-19,24-25,36H,8,12H2,1-2H3/t18-,19+,24-,25-/m0/s1. The lowest BCUT2D eigenvalue weighted by Crippen LogP contribution is -2.39. The van der Waals surface area contributed by atoms with E-state index in [2.05, 4.69) is 15.9 Å². The minimum atomic E-state index is -0.679. The number of hydrogen-bond acceptors (Lipinski definition) is 6.